The van der Waals surface area contributed by atoms with Crippen LogP contribution in [-0.2, 0) is 23.0 Å². The highest BCUT2D eigenvalue weighted by Crippen LogP contribution is 2.26. The van der Waals surface area contributed by atoms with Gasteiger partial charge in [0.15, 0.2) is 0 Å². The fourth-order valence-electron chi connectivity index (χ4n) is 2.88. The van der Waals surface area contributed by atoms with Gasteiger partial charge >= 0.3 is 0 Å². The molecule has 6 nitrogen and oxygen atoms in total. The quantitative estimate of drug-likeness (QED) is 0.919. The number of aryl methyl sites for hydroxylation is 1. The number of nitrogens with two attached hydrogens (primary N) is 1. The summed E-state index contributed by atoms with van der Waals surface area (Å²) >= 11 is 0. The van der Waals surface area contributed by atoms with Gasteiger partial charge in [0.1, 0.15) is 0 Å². The molecule has 0 spiro atoms. The van der Waals surface area contributed by atoms with E-state index in [0.29, 0.717) is 11.4 Å². The number of benzene rings is 1. The Labute approximate surface area is 137 Å². The summed E-state index contributed by atoms with van der Waals surface area (Å²) in [6, 6.07) is 6.97. The van der Waals surface area contributed by atoms with Gasteiger partial charge in [-0.1, -0.05) is 12.1 Å². The number of hydrogen-bond acceptors (Lipinski definition) is 4. The fraction of sp³-hybridized carbons (Fsp3) is 0.438. The monoisotopic (exact) mass is 334 g/mol. The van der Waals surface area contributed by atoms with Gasteiger partial charge in [-0.05, 0) is 42.5 Å². The van der Waals surface area contributed by atoms with Crippen LogP contribution in [0.2, 0.25) is 0 Å². The molecular formula is C16H22N4O2S. The van der Waals surface area contributed by atoms with Gasteiger partial charge in [-0.3, -0.25) is 4.68 Å². The normalized spacial score (nSPS) is 18.2. The summed E-state index contributed by atoms with van der Waals surface area (Å²) < 4.78 is 27.2. The van der Waals surface area contributed by atoms with Crippen molar-refractivity contribution >= 4 is 10.0 Å². The fourth-order valence-corrected chi connectivity index (χ4v) is 3.78. The molecule has 0 amide bonds. The van der Waals surface area contributed by atoms with Crippen molar-refractivity contribution in [3.63, 3.8) is 0 Å². The van der Waals surface area contributed by atoms with Crippen LogP contribution >= 0.6 is 0 Å². The molecule has 0 saturated heterocycles. The molecule has 0 aliphatic heterocycles. The van der Waals surface area contributed by atoms with Crippen molar-refractivity contribution in [2.75, 3.05) is 14.1 Å². The molecule has 0 radical (unpaired) electrons. The third kappa shape index (κ3) is 3.17. The van der Waals surface area contributed by atoms with Crippen LogP contribution < -0.4 is 5.73 Å². The lowest BCUT2D eigenvalue weighted by Gasteiger charge is -2.15. The van der Waals surface area contributed by atoms with Crippen molar-refractivity contribution in [1.29, 1.82) is 0 Å². The van der Waals surface area contributed by atoms with Gasteiger partial charge in [-0.2, -0.15) is 5.10 Å². The van der Waals surface area contributed by atoms with E-state index < -0.39 is 10.0 Å². The van der Waals surface area contributed by atoms with Crippen LogP contribution in [-0.4, -0.2) is 36.6 Å². The summed E-state index contributed by atoms with van der Waals surface area (Å²) in [5, 5.41) is 4.59. The van der Waals surface area contributed by atoms with Crippen molar-refractivity contribution in [1.82, 2.24) is 14.1 Å². The molecule has 0 fully saturated rings. The Morgan fingerprint density at radius 3 is 2.61 bits per heavy atom. The minimum Gasteiger partial charge on any atom is -0.323 e. The molecule has 1 aliphatic carbocycles. The average Bonchev–Trinajstić information content (AvgIpc) is 2.91. The van der Waals surface area contributed by atoms with E-state index in [2.05, 4.69) is 11.3 Å². The van der Waals surface area contributed by atoms with Crippen molar-refractivity contribution in [2.24, 2.45) is 5.73 Å². The molecule has 1 aliphatic rings. The highest BCUT2D eigenvalue weighted by molar-refractivity contribution is 7.89. The topological polar surface area (TPSA) is 81.2 Å². The molecular weight excluding hydrogens is 312 g/mol. The first-order chi connectivity index (χ1) is 10.9. The van der Waals surface area contributed by atoms with E-state index >= 15 is 0 Å². The van der Waals surface area contributed by atoms with Crippen LogP contribution in [0.5, 0.6) is 0 Å². The molecule has 1 aromatic carbocycles. The Hall–Kier alpha value is -1.70. The minimum atomic E-state index is -3.38. The number of sulfonamides is 1. The largest absolute Gasteiger partial charge is 0.323 e. The molecule has 0 bridgehead atoms. The smallest absolute Gasteiger partial charge is 0.242 e. The van der Waals surface area contributed by atoms with E-state index in [1.54, 1.807) is 12.1 Å². The number of hydrogen-bond donors (Lipinski definition) is 1. The summed E-state index contributed by atoms with van der Waals surface area (Å²) in [6.45, 7) is 0.613. The van der Waals surface area contributed by atoms with Crippen LogP contribution in [0.15, 0.2) is 35.4 Å². The van der Waals surface area contributed by atoms with Crippen LogP contribution in [0.3, 0.4) is 0 Å². The summed E-state index contributed by atoms with van der Waals surface area (Å²) in [5.41, 5.74) is 9.35. The third-order valence-electron chi connectivity index (χ3n) is 4.23. The molecule has 1 aromatic heterocycles. The Morgan fingerprint density at radius 2 is 2.00 bits per heavy atom. The zero-order valence-electron chi connectivity index (χ0n) is 13.4. The maximum Gasteiger partial charge on any atom is 0.242 e. The Balaban J connectivity index is 1.79. The first-order valence-corrected chi connectivity index (χ1v) is 9.15. The molecule has 1 atom stereocenters. The molecule has 2 N–H and O–H groups in total. The van der Waals surface area contributed by atoms with Crippen LogP contribution in [0, 0.1) is 0 Å². The van der Waals surface area contributed by atoms with Gasteiger partial charge < -0.3 is 5.73 Å². The molecule has 1 unspecified atom stereocenters. The van der Waals surface area contributed by atoms with Gasteiger partial charge in [0.2, 0.25) is 10.0 Å². The van der Waals surface area contributed by atoms with E-state index in [4.69, 9.17) is 5.73 Å². The van der Waals surface area contributed by atoms with Crippen LogP contribution in [0.25, 0.3) is 0 Å². The third-order valence-corrected chi connectivity index (χ3v) is 6.06. The van der Waals surface area contributed by atoms with E-state index in [0.717, 1.165) is 30.5 Å². The molecule has 23 heavy (non-hydrogen) atoms. The summed E-state index contributed by atoms with van der Waals surface area (Å²) in [7, 11) is -0.325. The second-order valence-corrected chi connectivity index (χ2v) is 8.32. The summed E-state index contributed by atoms with van der Waals surface area (Å²) in [5.74, 6) is 0. The Bertz CT molecular complexity index is 794. The highest BCUT2D eigenvalue weighted by atomic mass is 32.2. The predicted molar refractivity (Wildman–Crippen MR) is 88.5 cm³/mol. The average molecular weight is 334 g/mol. The van der Waals surface area contributed by atoms with Crippen LogP contribution in [0.4, 0.5) is 0 Å². The SMILES string of the molecule is CN(C)S(=O)(=O)c1ccc(Cn2cc3c(n2)C(N)CCC3)cc1. The lowest BCUT2D eigenvalue weighted by atomic mass is 9.95. The molecule has 2 aromatic rings. The maximum absolute atomic E-state index is 12.1. The lowest BCUT2D eigenvalue weighted by molar-refractivity contribution is 0.520. The number of nitrogens with zero attached hydrogens (tertiary/aromatic N) is 3. The summed E-state index contributed by atoms with van der Waals surface area (Å²) in [4.78, 5) is 0.299. The lowest BCUT2D eigenvalue weighted by Crippen LogP contribution is -2.22. The maximum atomic E-state index is 12.1. The van der Waals surface area contributed by atoms with Gasteiger partial charge in [0, 0.05) is 26.3 Å². The number of fused-ring (bicyclic) bond motifs is 1. The van der Waals surface area contributed by atoms with E-state index in [9.17, 15) is 8.42 Å². The van der Waals surface area contributed by atoms with Crippen molar-refractivity contribution in [3.8, 4) is 0 Å². The molecule has 124 valence electrons. The van der Waals surface area contributed by atoms with Crippen molar-refractivity contribution in [3.05, 3.63) is 47.3 Å². The van der Waals surface area contributed by atoms with E-state index in [1.165, 1.54) is 24.0 Å². The first kappa shape index (κ1) is 16.2. The Kier molecular flexibility index (Phi) is 4.27. The zero-order valence-corrected chi connectivity index (χ0v) is 14.3. The van der Waals surface area contributed by atoms with E-state index in [1.807, 2.05) is 16.8 Å². The van der Waals surface area contributed by atoms with Crippen molar-refractivity contribution < 1.29 is 8.42 Å². The van der Waals surface area contributed by atoms with Gasteiger partial charge in [0.05, 0.1) is 17.1 Å². The first-order valence-electron chi connectivity index (χ1n) is 7.71. The molecule has 0 saturated carbocycles. The van der Waals surface area contributed by atoms with Gasteiger partial charge in [-0.15, -0.1) is 0 Å². The van der Waals surface area contributed by atoms with Gasteiger partial charge in [-0.25, -0.2) is 12.7 Å². The second-order valence-electron chi connectivity index (χ2n) is 6.17. The number of rotatable bonds is 4. The molecule has 1 heterocycles. The highest BCUT2D eigenvalue weighted by Gasteiger charge is 2.21. The molecule has 7 heteroatoms. The number of aromatic nitrogens is 2. The molecule has 3 rings (SSSR count). The van der Waals surface area contributed by atoms with Gasteiger partial charge in [0.25, 0.3) is 0 Å². The van der Waals surface area contributed by atoms with E-state index in [-0.39, 0.29) is 6.04 Å². The second kappa shape index (κ2) is 6.07. The van der Waals surface area contributed by atoms with Crippen molar-refractivity contribution in [2.45, 2.75) is 36.7 Å². The standard InChI is InChI=1S/C16H22N4O2S/c1-19(2)23(21,22)14-8-6-12(7-9-14)10-20-11-13-4-3-5-15(17)16(13)18-20/h6-9,11,15H,3-5,10,17H2,1-2H3. The zero-order chi connectivity index (χ0) is 16.6. The summed E-state index contributed by atoms with van der Waals surface area (Å²) in [6.07, 6.45) is 5.18. The van der Waals surface area contributed by atoms with Crippen LogP contribution in [0.1, 0.15) is 35.7 Å². The minimum absolute atomic E-state index is 0.0348. The predicted octanol–water partition coefficient (Wildman–Crippen LogP) is 1.52. The Morgan fingerprint density at radius 1 is 1.30 bits per heavy atom.